The minimum Gasteiger partial charge on any atom is -0.316 e. The van der Waals surface area contributed by atoms with E-state index in [1.54, 1.807) is 0 Å². The van der Waals surface area contributed by atoms with Crippen molar-refractivity contribution < 1.29 is 0 Å². The van der Waals surface area contributed by atoms with Crippen molar-refractivity contribution in [2.24, 2.45) is 17.8 Å². The van der Waals surface area contributed by atoms with E-state index in [2.05, 4.69) is 26.1 Å². The highest BCUT2D eigenvalue weighted by atomic mass is 14.9. The Bertz CT molecular complexity index is 144. The quantitative estimate of drug-likeness (QED) is 0.628. The van der Waals surface area contributed by atoms with Crippen LogP contribution in [0.2, 0.25) is 0 Å². The normalized spacial score (nSPS) is 27.6. The molecule has 1 rings (SSSR count). The van der Waals surface area contributed by atoms with Crippen LogP contribution in [0.5, 0.6) is 0 Å². The monoisotopic (exact) mass is 197 g/mol. The van der Waals surface area contributed by atoms with Crippen LogP contribution in [-0.2, 0) is 0 Å². The van der Waals surface area contributed by atoms with Gasteiger partial charge in [0.2, 0.25) is 0 Å². The van der Waals surface area contributed by atoms with Gasteiger partial charge < -0.3 is 5.32 Å². The number of nitrogens with one attached hydrogen (secondary N) is 1. The molecular weight excluding hydrogens is 170 g/mol. The van der Waals surface area contributed by atoms with Crippen molar-refractivity contribution in [1.82, 2.24) is 5.32 Å². The molecule has 1 aliphatic rings. The Balaban J connectivity index is 1.96. The van der Waals surface area contributed by atoms with Crippen molar-refractivity contribution in [3.05, 3.63) is 0 Å². The van der Waals surface area contributed by atoms with Gasteiger partial charge in [-0.25, -0.2) is 0 Å². The minimum atomic E-state index is 0.920. The Morgan fingerprint density at radius 3 is 2.57 bits per heavy atom. The topological polar surface area (TPSA) is 12.0 Å². The van der Waals surface area contributed by atoms with E-state index < -0.39 is 0 Å². The lowest BCUT2D eigenvalue weighted by molar-refractivity contribution is 0.414. The van der Waals surface area contributed by atoms with Crippen LogP contribution < -0.4 is 5.32 Å². The summed E-state index contributed by atoms with van der Waals surface area (Å²) in [5.41, 5.74) is 0. The predicted molar refractivity (Wildman–Crippen MR) is 63.4 cm³/mol. The van der Waals surface area contributed by atoms with Crippen LogP contribution in [0.15, 0.2) is 0 Å². The Kier molecular flexibility index (Phi) is 5.54. The fraction of sp³-hybridized carbons (Fsp3) is 1.00. The molecule has 0 aromatic heterocycles. The molecule has 0 amide bonds. The van der Waals surface area contributed by atoms with E-state index in [-0.39, 0.29) is 0 Å². The summed E-state index contributed by atoms with van der Waals surface area (Å²) in [6.45, 7) is 9.48. The van der Waals surface area contributed by atoms with Crippen LogP contribution in [0.25, 0.3) is 0 Å². The molecule has 3 unspecified atom stereocenters. The van der Waals surface area contributed by atoms with Crippen LogP contribution in [0.4, 0.5) is 0 Å². The first kappa shape index (κ1) is 12.0. The lowest BCUT2D eigenvalue weighted by Crippen LogP contribution is -2.24. The van der Waals surface area contributed by atoms with Gasteiger partial charge in [0.15, 0.2) is 0 Å². The van der Waals surface area contributed by atoms with E-state index in [0.717, 1.165) is 17.8 Å². The molecule has 1 N–H and O–H groups in total. The zero-order valence-corrected chi connectivity index (χ0v) is 10.2. The lowest BCUT2D eigenvalue weighted by Gasteiger charge is -2.15. The molecule has 0 aromatic carbocycles. The van der Waals surface area contributed by atoms with Gasteiger partial charge in [0.05, 0.1) is 0 Å². The Morgan fingerprint density at radius 1 is 1.36 bits per heavy atom. The summed E-state index contributed by atoms with van der Waals surface area (Å²) in [7, 11) is 0. The van der Waals surface area contributed by atoms with Gasteiger partial charge in [-0.15, -0.1) is 0 Å². The molecular formula is C13H27N. The van der Waals surface area contributed by atoms with Gasteiger partial charge >= 0.3 is 0 Å². The molecule has 0 saturated heterocycles. The van der Waals surface area contributed by atoms with Crippen molar-refractivity contribution in [1.29, 1.82) is 0 Å². The molecule has 1 saturated carbocycles. The molecule has 3 atom stereocenters. The van der Waals surface area contributed by atoms with E-state index in [1.807, 2.05) is 0 Å². The molecule has 1 fully saturated rings. The highest BCUT2D eigenvalue weighted by molar-refractivity contribution is 4.84. The first-order chi connectivity index (χ1) is 6.77. The van der Waals surface area contributed by atoms with Gasteiger partial charge in [-0.3, -0.25) is 0 Å². The maximum atomic E-state index is 3.64. The smallest absolute Gasteiger partial charge is 0.00177 e. The van der Waals surface area contributed by atoms with Crippen LogP contribution >= 0.6 is 0 Å². The minimum absolute atomic E-state index is 0.920. The third-order valence-electron chi connectivity index (χ3n) is 3.66. The SMILES string of the molecule is CCCCC(CC)CNCC1CC1C. The first-order valence-corrected chi connectivity index (χ1v) is 6.48. The Hall–Kier alpha value is -0.0400. The average Bonchev–Trinajstić information content (AvgIpc) is 2.88. The van der Waals surface area contributed by atoms with E-state index in [0.29, 0.717) is 0 Å². The molecule has 14 heavy (non-hydrogen) atoms. The summed E-state index contributed by atoms with van der Waals surface area (Å²) in [4.78, 5) is 0. The van der Waals surface area contributed by atoms with Crippen molar-refractivity contribution in [3.63, 3.8) is 0 Å². The molecule has 0 aromatic rings. The summed E-state index contributed by atoms with van der Waals surface area (Å²) in [6, 6.07) is 0. The third-order valence-corrected chi connectivity index (χ3v) is 3.66. The van der Waals surface area contributed by atoms with Crippen molar-refractivity contribution in [2.75, 3.05) is 13.1 Å². The predicted octanol–water partition coefficient (Wildman–Crippen LogP) is 3.45. The summed E-state index contributed by atoms with van der Waals surface area (Å²) in [5.74, 6) is 2.92. The molecule has 1 nitrogen and oxygen atoms in total. The number of rotatable bonds is 8. The maximum absolute atomic E-state index is 3.64. The molecule has 0 spiro atoms. The highest BCUT2D eigenvalue weighted by Crippen LogP contribution is 2.36. The number of hydrogen-bond donors (Lipinski definition) is 1. The number of hydrogen-bond acceptors (Lipinski definition) is 1. The maximum Gasteiger partial charge on any atom is -0.00177 e. The van der Waals surface area contributed by atoms with E-state index in [9.17, 15) is 0 Å². The van der Waals surface area contributed by atoms with Crippen LogP contribution in [-0.4, -0.2) is 13.1 Å². The largest absolute Gasteiger partial charge is 0.316 e. The summed E-state index contributed by atoms with van der Waals surface area (Å²) < 4.78 is 0. The van der Waals surface area contributed by atoms with Crippen molar-refractivity contribution >= 4 is 0 Å². The molecule has 0 radical (unpaired) electrons. The van der Waals surface area contributed by atoms with E-state index in [1.165, 1.54) is 45.2 Å². The summed E-state index contributed by atoms with van der Waals surface area (Å²) in [6.07, 6.45) is 6.96. The third kappa shape index (κ3) is 4.45. The second-order valence-corrected chi connectivity index (χ2v) is 5.05. The van der Waals surface area contributed by atoms with Gasteiger partial charge in [-0.2, -0.15) is 0 Å². The number of unbranched alkanes of at least 4 members (excludes halogenated alkanes) is 1. The second kappa shape index (κ2) is 6.44. The molecule has 84 valence electrons. The van der Waals surface area contributed by atoms with Crippen molar-refractivity contribution in [2.45, 2.75) is 52.9 Å². The van der Waals surface area contributed by atoms with E-state index >= 15 is 0 Å². The molecule has 0 aliphatic heterocycles. The Labute approximate surface area is 89.7 Å². The van der Waals surface area contributed by atoms with Gasteiger partial charge in [0.1, 0.15) is 0 Å². The van der Waals surface area contributed by atoms with Gasteiger partial charge in [-0.05, 0) is 43.7 Å². The molecule has 1 aliphatic carbocycles. The fourth-order valence-electron chi connectivity index (χ4n) is 2.10. The van der Waals surface area contributed by atoms with E-state index in [4.69, 9.17) is 0 Å². The standard InChI is InChI=1S/C13H27N/c1-4-6-7-12(5-2)9-14-10-13-8-11(13)3/h11-14H,4-10H2,1-3H3. The Morgan fingerprint density at radius 2 is 2.07 bits per heavy atom. The van der Waals surface area contributed by atoms with Gasteiger partial charge in [0, 0.05) is 0 Å². The zero-order chi connectivity index (χ0) is 10.4. The molecule has 0 bridgehead atoms. The van der Waals surface area contributed by atoms with Crippen LogP contribution in [0, 0.1) is 17.8 Å². The zero-order valence-electron chi connectivity index (χ0n) is 10.2. The highest BCUT2D eigenvalue weighted by Gasteiger charge is 2.31. The molecule has 0 heterocycles. The summed E-state index contributed by atoms with van der Waals surface area (Å²) in [5, 5.41) is 3.64. The van der Waals surface area contributed by atoms with Crippen LogP contribution in [0.1, 0.15) is 52.9 Å². The van der Waals surface area contributed by atoms with Gasteiger partial charge in [-0.1, -0.05) is 40.0 Å². The second-order valence-electron chi connectivity index (χ2n) is 5.05. The fourth-order valence-corrected chi connectivity index (χ4v) is 2.10. The first-order valence-electron chi connectivity index (χ1n) is 6.48. The van der Waals surface area contributed by atoms with Crippen molar-refractivity contribution in [3.8, 4) is 0 Å². The molecule has 1 heteroatoms. The summed E-state index contributed by atoms with van der Waals surface area (Å²) >= 11 is 0. The van der Waals surface area contributed by atoms with Crippen LogP contribution in [0.3, 0.4) is 0 Å². The lowest BCUT2D eigenvalue weighted by atomic mass is 9.99. The average molecular weight is 197 g/mol. The van der Waals surface area contributed by atoms with Gasteiger partial charge in [0.25, 0.3) is 0 Å².